The van der Waals surface area contributed by atoms with Gasteiger partial charge in [-0.05, 0) is 52.9 Å². The number of carbonyl (C=O) groups excluding carboxylic acids is 2. The minimum absolute atomic E-state index is 0.0130. The first-order valence-electron chi connectivity index (χ1n) is 9.64. The van der Waals surface area contributed by atoms with Crippen LogP contribution < -0.4 is 5.32 Å². The summed E-state index contributed by atoms with van der Waals surface area (Å²) in [6.45, 7) is 11.3. The molecule has 0 bridgehead atoms. The van der Waals surface area contributed by atoms with Crippen molar-refractivity contribution < 1.29 is 32.9 Å². The first kappa shape index (κ1) is 26.7. The van der Waals surface area contributed by atoms with Crippen LogP contribution in [-0.4, -0.2) is 51.0 Å². The smallest absolute Gasteiger partial charge is 0.407 e. The van der Waals surface area contributed by atoms with Gasteiger partial charge in [-0.2, -0.15) is 0 Å². The van der Waals surface area contributed by atoms with Crippen LogP contribution in [0.2, 0.25) is 0 Å². The molecule has 0 radical (unpaired) electrons. The van der Waals surface area contributed by atoms with Gasteiger partial charge in [-0.3, -0.25) is 13.9 Å². The number of hydrogen-bond acceptors (Lipinski definition) is 9. The van der Waals surface area contributed by atoms with Gasteiger partial charge in [-0.15, -0.1) is 4.68 Å². The van der Waals surface area contributed by atoms with Crippen LogP contribution in [0.4, 0.5) is 10.6 Å². The summed E-state index contributed by atoms with van der Waals surface area (Å²) in [5.41, 5.74) is -1.44. The first-order chi connectivity index (χ1) is 14.0. The number of rotatable bonds is 10. The van der Waals surface area contributed by atoms with E-state index in [9.17, 15) is 24.3 Å². The minimum Gasteiger partial charge on any atom is -0.444 e. The molecule has 1 aromatic heterocycles. The molecule has 1 aromatic rings. The molecule has 0 fully saturated rings. The maximum absolute atomic E-state index is 12.5. The van der Waals surface area contributed by atoms with Crippen molar-refractivity contribution in [3.05, 3.63) is 21.9 Å². The van der Waals surface area contributed by atoms with Gasteiger partial charge in [0.25, 0.3) is 0 Å². The van der Waals surface area contributed by atoms with Crippen LogP contribution in [0.5, 0.6) is 0 Å². The summed E-state index contributed by atoms with van der Waals surface area (Å²) in [7, 11) is -3.50. The first-order valence-corrected chi connectivity index (χ1v) is 11.6. The fourth-order valence-electron chi connectivity index (χ4n) is 2.38. The standard InChI is InChI=1S/C18H31N4O8P/c1-17(2,3)29-16(24)19-10-8-9-14(23)13-11-15(22(25)26)20-21(13)12-28-31(7,27)30-18(4,5)6/h11H,8-10,12H2,1-7H3,(H,19,24). The summed E-state index contributed by atoms with van der Waals surface area (Å²) in [6, 6.07) is 1.03. The monoisotopic (exact) mass is 462 g/mol. The number of hydrogen-bond donors (Lipinski definition) is 1. The van der Waals surface area contributed by atoms with Gasteiger partial charge in [0, 0.05) is 19.6 Å². The van der Waals surface area contributed by atoms with Crippen LogP contribution in [0.15, 0.2) is 6.07 Å². The third-order valence-electron chi connectivity index (χ3n) is 3.34. The molecule has 1 unspecified atom stereocenters. The van der Waals surface area contributed by atoms with Gasteiger partial charge in [-0.1, -0.05) is 0 Å². The van der Waals surface area contributed by atoms with Crippen LogP contribution in [0.3, 0.4) is 0 Å². The lowest BCUT2D eigenvalue weighted by Gasteiger charge is -2.24. The molecule has 1 amide bonds. The molecule has 0 saturated heterocycles. The number of alkyl carbamates (subject to hydrolysis) is 1. The van der Waals surface area contributed by atoms with E-state index in [1.807, 2.05) is 0 Å². The Morgan fingerprint density at radius 3 is 2.35 bits per heavy atom. The molecular formula is C18H31N4O8P. The SMILES string of the molecule is CC(C)(C)OC(=O)NCCCC(=O)c1cc([N+](=O)[O-])nn1COP(C)(=O)OC(C)(C)C. The summed E-state index contributed by atoms with van der Waals surface area (Å²) in [4.78, 5) is 34.5. The normalized spacial score (nSPS) is 14.0. The van der Waals surface area contributed by atoms with Crippen molar-refractivity contribution in [2.45, 2.75) is 72.3 Å². The van der Waals surface area contributed by atoms with Crippen LogP contribution in [0.1, 0.15) is 64.9 Å². The van der Waals surface area contributed by atoms with E-state index in [1.54, 1.807) is 41.5 Å². The fraction of sp³-hybridized carbons (Fsp3) is 0.722. The van der Waals surface area contributed by atoms with E-state index in [0.717, 1.165) is 10.7 Å². The third kappa shape index (κ3) is 10.5. The molecule has 13 heteroatoms. The second-order valence-corrected chi connectivity index (χ2v) is 10.8. The van der Waals surface area contributed by atoms with E-state index in [2.05, 4.69) is 10.4 Å². The zero-order valence-electron chi connectivity index (χ0n) is 19.0. The highest BCUT2D eigenvalue weighted by atomic mass is 31.2. The maximum atomic E-state index is 12.5. The van der Waals surface area contributed by atoms with Crippen molar-refractivity contribution in [1.29, 1.82) is 0 Å². The van der Waals surface area contributed by atoms with Gasteiger partial charge < -0.3 is 24.7 Å². The Morgan fingerprint density at radius 1 is 1.23 bits per heavy atom. The number of ketones is 1. The molecular weight excluding hydrogens is 431 g/mol. The van der Waals surface area contributed by atoms with Crippen molar-refractivity contribution in [1.82, 2.24) is 15.1 Å². The minimum atomic E-state index is -3.50. The molecule has 1 N–H and O–H groups in total. The summed E-state index contributed by atoms with van der Waals surface area (Å²) in [5, 5.41) is 17.3. The van der Waals surface area contributed by atoms with E-state index >= 15 is 0 Å². The lowest BCUT2D eigenvalue weighted by atomic mass is 10.1. The van der Waals surface area contributed by atoms with Gasteiger partial charge in [0.1, 0.15) is 11.3 Å². The maximum Gasteiger partial charge on any atom is 0.407 e. The molecule has 0 spiro atoms. The van der Waals surface area contributed by atoms with Gasteiger partial charge in [0.15, 0.2) is 12.5 Å². The molecule has 0 aliphatic heterocycles. The van der Waals surface area contributed by atoms with Crippen molar-refractivity contribution in [2.75, 3.05) is 13.2 Å². The highest BCUT2D eigenvalue weighted by Crippen LogP contribution is 2.48. The van der Waals surface area contributed by atoms with Gasteiger partial charge >= 0.3 is 19.5 Å². The number of ether oxygens (including phenoxy) is 1. The second-order valence-electron chi connectivity index (χ2n) is 8.83. The Labute approximate surface area is 181 Å². The Balaban J connectivity index is 2.76. The summed E-state index contributed by atoms with van der Waals surface area (Å²) in [6.07, 6.45) is -0.343. The lowest BCUT2D eigenvalue weighted by molar-refractivity contribution is -0.389. The van der Waals surface area contributed by atoms with Gasteiger partial charge in [0.2, 0.25) is 0 Å². The number of aromatic nitrogens is 2. The number of nitrogens with zero attached hydrogens (tertiary/aromatic N) is 3. The molecule has 1 atom stereocenters. The van der Waals surface area contributed by atoms with Crippen LogP contribution in [0, 0.1) is 10.1 Å². The third-order valence-corrected chi connectivity index (χ3v) is 4.81. The van der Waals surface area contributed by atoms with Crippen molar-refractivity contribution in [2.24, 2.45) is 0 Å². The highest BCUT2D eigenvalue weighted by Gasteiger charge is 2.29. The van der Waals surface area contributed by atoms with Gasteiger partial charge in [-0.25, -0.2) is 4.79 Å². The zero-order valence-corrected chi connectivity index (χ0v) is 19.9. The van der Waals surface area contributed by atoms with E-state index < -0.39 is 48.1 Å². The highest BCUT2D eigenvalue weighted by molar-refractivity contribution is 7.53. The molecule has 0 aliphatic carbocycles. The largest absolute Gasteiger partial charge is 0.444 e. The van der Waals surface area contributed by atoms with E-state index in [-0.39, 0.29) is 25.1 Å². The summed E-state index contributed by atoms with van der Waals surface area (Å²) >= 11 is 0. The Bertz CT molecular complexity index is 854. The molecule has 31 heavy (non-hydrogen) atoms. The van der Waals surface area contributed by atoms with Gasteiger partial charge in [0.05, 0.1) is 16.8 Å². The number of carbonyl (C=O) groups is 2. The molecule has 0 aliphatic rings. The van der Waals surface area contributed by atoms with E-state index in [1.165, 1.54) is 6.66 Å². The quantitative estimate of drug-likeness (QED) is 0.179. The number of nitro groups is 1. The van der Waals surface area contributed by atoms with Crippen LogP contribution in [-0.2, 0) is 25.1 Å². The molecule has 1 heterocycles. The molecule has 0 saturated carbocycles. The Morgan fingerprint density at radius 2 is 1.84 bits per heavy atom. The number of nitrogens with one attached hydrogen (secondary N) is 1. The topological polar surface area (TPSA) is 152 Å². The van der Waals surface area contributed by atoms with Crippen LogP contribution in [0.25, 0.3) is 0 Å². The molecule has 0 aromatic carbocycles. The predicted molar refractivity (Wildman–Crippen MR) is 112 cm³/mol. The molecule has 176 valence electrons. The summed E-state index contributed by atoms with van der Waals surface area (Å²) in [5.74, 6) is -0.987. The lowest BCUT2D eigenvalue weighted by Crippen LogP contribution is -2.33. The predicted octanol–water partition coefficient (Wildman–Crippen LogP) is 3.89. The van der Waals surface area contributed by atoms with E-state index in [0.29, 0.717) is 0 Å². The van der Waals surface area contributed by atoms with Crippen LogP contribution >= 0.6 is 7.60 Å². The molecule has 1 rings (SSSR count). The number of Topliss-reactive ketones (excluding diaryl/α,β-unsaturated/α-hetero) is 1. The fourth-order valence-corrected chi connectivity index (χ4v) is 3.75. The Kier molecular flexibility index (Phi) is 8.92. The molecule has 12 nitrogen and oxygen atoms in total. The van der Waals surface area contributed by atoms with Crippen molar-refractivity contribution in [3.63, 3.8) is 0 Å². The van der Waals surface area contributed by atoms with E-state index in [4.69, 9.17) is 13.8 Å². The number of amides is 1. The summed E-state index contributed by atoms with van der Waals surface area (Å²) < 4.78 is 29.1. The Hall–Kier alpha value is -2.30. The van der Waals surface area contributed by atoms with Crippen molar-refractivity contribution >= 4 is 25.3 Å². The second kappa shape index (κ2) is 10.3. The van der Waals surface area contributed by atoms with Crippen molar-refractivity contribution in [3.8, 4) is 0 Å². The average molecular weight is 462 g/mol. The average Bonchev–Trinajstić information content (AvgIpc) is 2.98. The zero-order chi connectivity index (χ0) is 24.0.